The molecule has 1 N–H and O–H groups in total. The lowest BCUT2D eigenvalue weighted by Crippen LogP contribution is -2.54. The van der Waals surface area contributed by atoms with Gasteiger partial charge in [-0.05, 0) is 60.3 Å². The van der Waals surface area contributed by atoms with Gasteiger partial charge in [-0.15, -0.1) is 0 Å². The number of aromatic nitrogens is 3. The Kier molecular flexibility index (Phi) is 7.22. The van der Waals surface area contributed by atoms with Crippen LogP contribution >= 0.6 is 0 Å². The van der Waals surface area contributed by atoms with Crippen molar-refractivity contribution in [1.82, 2.24) is 19.9 Å². The molecule has 4 aromatic rings. The number of benzene rings is 2. The van der Waals surface area contributed by atoms with Crippen LogP contribution < -0.4 is 9.64 Å². The third-order valence-electron chi connectivity index (χ3n) is 10.3. The van der Waals surface area contributed by atoms with Crippen molar-refractivity contribution in [3.8, 4) is 23.0 Å². The molecule has 3 atom stereocenters. The smallest absolute Gasteiger partial charge is 0.319 e. The number of nitrogens with zero attached hydrogens (tertiary/aromatic N) is 5. The van der Waals surface area contributed by atoms with Gasteiger partial charge in [-0.2, -0.15) is 9.97 Å². The fourth-order valence-corrected chi connectivity index (χ4v) is 7.91. The molecule has 4 fully saturated rings. The maximum Gasteiger partial charge on any atom is 0.319 e. The predicted octanol–water partition coefficient (Wildman–Crippen LogP) is 5.34. The van der Waals surface area contributed by atoms with Gasteiger partial charge in [0.2, 0.25) is 0 Å². The van der Waals surface area contributed by atoms with Crippen molar-refractivity contribution in [3.05, 3.63) is 47.7 Å². The molecule has 4 aliphatic rings. The second-order valence-electron chi connectivity index (χ2n) is 13.1. The van der Waals surface area contributed by atoms with E-state index in [-0.39, 0.29) is 35.1 Å². The summed E-state index contributed by atoms with van der Waals surface area (Å²) in [4.78, 5) is 18.1. The number of rotatable bonds is 6. The molecule has 8 rings (SSSR count). The third-order valence-corrected chi connectivity index (χ3v) is 10.3. The maximum atomic E-state index is 16.9. The van der Waals surface area contributed by atoms with Crippen molar-refractivity contribution >= 4 is 27.5 Å². The number of hydrogen-bond donors (Lipinski definition) is 1. The molecular formula is C34H36F3N5O4. The molecule has 242 valence electrons. The second kappa shape index (κ2) is 11.2. The molecule has 46 heavy (non-hydrogen) atoms. The Bertz CT molecular complexity index is 1840. The van der Waals surface area contributed by atoms with E-state index in [0.29, 0.717) is 79.8 Å². The van der Waals surface area contributed by atoms with Crippen LogP contribution in [-0.4, -0.2) is 94.9 Å². The summed E-state index contributed by atoms with van der Waals surface area (Å²) in [6.07, 6.45) is 3.93. The average Bonchev–Trinajstić information content (AvgIpc) is 3.44. The van der Waals surface area contributed by atoms with Crippen molar-refractivity contribution < 1.29 is 32.5 Å². The fraction of sp³-hybridized carbons (Fsp3) is 0.500. The van der Waals surface area contributed by atoms with Gasteiger partial charge in [-0.25, -0.2) is 13.2 Å². The van der Waals surface area contributed by atoms with Crippen LogP contribution in [0, 0.1) is 11.6 Å². The van der Waals surface area contributed by atoms with Crippen LogP contribution in [0.4, 0.5) is 19.0 Å². The summed E-state index contributed by atoms with van der Waals surface area (Å²) >= 11 is 0. The van der Waals surface area contributed by atoms with Gasteiger partial charge >= 0.3 is 6.01 Å². The molecule has 2 aromatic heterocycles. The first-order chi connectivity index (χ1) is 22.3. The van der Waals surface area contributed by atoms with E-state index < -0.39 is 28.9 Å². The molecule has 9 nitrogen and oxygen atoms in total. The lowest BCUT2D eigenvalue weighted by molar-refractivity contribution is -0.167. The largest absolute Gasteiger partial charge is 0.508 e. The van der Waals surface area contributed by atoms with Crippen LogP contribution in [0.1, 0.15) is 38.2 Å². The summed E-state index contributed by atoms with van der Waals surface area (Å²) in [6, 6.07) is 5.83. The van der Waals surface area contributed by atoms with Gasteiger partial charge in [0.15, 0.2) is 5.82 Å². The quantitative estimate of drug-likeness (QED) is 0.301. The number of phenols is 1. The predicted molar refractivity (Wildman–Crippen MR) is 166 cm³/mol. The third kappa shape index (κ3) is 4.84. The number of alkyl halides is 1. The van der Waals surface area contributed by atoms with Gasteiger partial charge in [0.25, 0.3) is 0 Å². The zero-order valence-electron chi connectivity index (χ0n) is 25.7. The molecule has 0 saturated carbocycles. The lowest BCUT2D eigenvalue weighted by Gasteiger charge is -2.42. The summed E-state index contributed by atoms with van der Waals surface area (Å²) in [7, 11) is 0. The minimum absolute atomic E-state index is 0.0137. The van der Waals surface area contributed by atoms with Crippen molar-refractivity contribution in [2.75, 3.05) is 57.5 Å². The molecule has 0 radical (unpaired) electrons. The average molecular weight is 636 g/mol. The zero-order chi connectivity index (χ0) is 31.6. The number of halogens is 3. The van der Waals surface area contributed by atoms with E-state index in [4.69, 9.17) is 19.2 Å². The molecule has 6 heterocycles. The van der Waals surface area contributed by atoms with Crippen LogP contribution in [0.2, 0.25) is 0 Å². The van der Waals surface area contributed by atoms with Crippen molar-refractivity contribution in [1.29, 1.82) is 0 Å². The molecule has 2 aromatic carbocycles. The van der Waals surface area contributed by atoms with Gasteiger partial charge in [-0.3, -0.25) is 9.88 Å². The van der Waals surface area contributed by atoms with Crippen molar-refractivity contribution in [3.63, 3.8) is 0 Å². The van der Waals surface area contributed by atoms with Gasteiger partial charge < -0.3 is 24.2 Å². The highest BCUT2D eigenvalue weighted by atomic mass is 19.1. The number of phenolic OH excluding ortho intramolecular Hbond substituents is 1. The van der Waals surface area contributed by atoms with Crippen LogP contribution in [-0.2, 0) is 15.9 Å². The molecule has 4 saturated heterocycles. The lowest BCUT2D eigenvalue weighted by atomic mass is 9.94. The van der Waals surface area contributed by atoms with Gasteiger partial charge in [0.05, 0.1) is 37.3 Å². The summed E-state index contributed by atoms with van der Waals surface area (Å²) in [5.74, 6) is -0.810. The van der Waals surface area contributed by atoms with E-state index in [1.807, 2.05) is 11.8 Å². The molecule has 1 unspecified atom stereocenters. The Balaban J connectivity index is 1.27. The maximum absolute atomic E-state index is 16.9. The Hall–Kier alpha value is -3.74. The number of fused-ring (bicyclic) bond motifs is 3. The number of hydrogen-bond acceptors (Lipinski definition) is 9. The molecule has 12 heteroatoms. The summed E-state index contributed by atoms with van der Waals surface area (Å²) < 4.78 is 64.4. The SMILES string of the molecule is CCc1c(F)ccc2cc(O)cc(-c3ncc4c(N5CCOCC6(CCO6)C5)nc(OC[C@@]56CCCN5C[C@H](F)C6)nc4c3F)c12. The molecule has 0 bridgehead atoms. The van der Waals surface area contributed by atoms with E-state index in [1.54, 1.807) is 6.07 Å². The van der Waals surface area contributed by atoms with Crippen molar-refractivity contribution in [2.45, 2.75) is 56.3 Å². The Labute approximate surface area is 264 Å². The van der Waals surface area contributed by atoms with E-state index >= 15 is 4.39 Å². The fourth-order valence-electron chi connectivity index (χ4n) is 7.91. The number of aryl methyl sites for hydroxylation is 1. The highest BCUT2D eigenvalue weighted by Gasteiger charge is 2.49. The Morgan fingerprint density at radius 3 is 2.80 bits per heavy atom. The van der Waals surface area contributed by atoms with E-state index in [2.05, 4.69) is 14.9 Å². The summed E-state index contributed by atoms with van der Waals surface area (Å²) in [5.41, 5.74) is -0.343. The number of aromatic hydroxyl groups is 1. The zero-order valence-corrected chi connectivity index (χ0v) is 25.7. The van der Waals surface area contributed by atoms with Gasteiger partial charge in [0.1, 0.15) is 47.0 Å². The van der Waals surface area contributed by atoms with Gasteiger partial charge in [0, 0.05) is 37.7 Å². The summed E-state index contributed by atoms with van der Waals surface area (Å²) in [6.45, 7) is 5.69. The van der Waals surface area contributed by atoms with Crippen LogP contribution in [0.25, 0.3) is 32.9 Å². The standard InChI is InChI=1S/C34H36F3N5O4/c1-2-23-26(36)5-4-20-12-22(43)13-24(27(20)23)29-28(37)30-25(15-38-29)31(41-9-11-44-19-34(17-41)7-10-46-34)40-32(39-30)45-18-33-6-3-8-42(33)16-21(35)14-33/h4-5,12-13,15,21,43H,2-3,6-11,14,16-19H2,1H3/t21-,33+,34?/m1/s1. The number of anilines is 1. The minimum atomic E-state index is -0.922. The second-order valence-corrected chi connectivity index (χ2v) is 13.1. The Morgan fingerprint density at radius 2 is 2.00 bits per heavy atom. The first-order valence-corrected chi connectivity index (χ1v) is 16.1. The number of pyridine rings is 1. The topological polar surface area (TPSA) is 93.1 Å². The molecular weight excluding hydrogens is 599 g/mol. The van der Waals surface area contributed by atoms with Crippen LogP contribution in [0.15, 0.2) is 30.5 Å². The van der Waals surface area contributed by atoms with Crippen LogP contribution in [0.5, 0.6) is 11.8 Å². The monoisotopic (exact) mass is 635 g/mol. The van der Waals surface area contributed by atoms with E-state index in [9.17, 15) is 13.9 Å². The van der Waals surface area contributed by atoms with Crippen molar-refractivity contribution in [2.24, 2.45) is 0 Å². The molecule has 0 aliphatic carbocycles. The van der Waals surface area contributed by atoms with E-state index in [1.165, 1.54) is 24.4 Å². The number of ether oxygens (including phenoxy) is 3. The molecule has 4 aliphatic heterocycles. The minimum Gasteiger partial charge on any atom is -0.508 e. The van der Waals surface area contributed by atoms with Gasteiger partial charge in [-0.1, -0.05) is 13.0 Å². The van der Waals surface area contributed by atoms with E-state index in [0.717, 1.165) is 25.8 Å². The molecule has 1 spiro atoms. The highest BCUT2D eigenvalue weighted by Crippen LogP contribution is 2.42. The normalized spacial score (nSPS) is 26.5. The van der Waals surface area contributed by atoms with Crippen LogP contribution in [0.3, 0.4) is 0 Å². The first-order valence-electron chi connectivity index (χ1n) is 16.1. The summed E-state index contributed by atoms with van der Waals surface area (Å²) in [5, 5.41) is 12.0. The highest BCUT2D eigenvalue weighted by molar-refractivity contribution is 6.01. The molecule has 0 amide bonds. The Morgan fingerprint density at radius 1 is 1.13 bits per heavy atom. The first kappa shape index (κ1) is 29.6.